The highest BCUT2D eigenvalue weighted by molar-refractivity contribution is 5.98. The SMILES string of the molecule is N#CCC(=O)N1CC2(CC2)C[C@H]1c1nc(-c2ccc(C(=O)Cc3ccccn3)cc2)c2c(N)nccn12. The number of carbonyl (C=O) groups excluding carboxylic acids is 2. The van der Waals surface area contributed by atoms with Gasteiger partial charge in [-0.05, 0) is 36.8 Å². The third-order valence-corrected chi connectivity index (χ3v) is 7.47. The molecule has 1 atom stereocenters. The lowest BCUT2D eigenvalue weighted by Gasteiger charge is -2.23. The van der Waals surface area contributed by atoms with Crippen molar-refractivity contribution >= 4 is 23.0 Å². The number of rotatable bonds is 6. The molecular formula is C28H25N7O2. The fraction of sp³-hybridized carbons (Fsp3) is 0.286. The minimum absolute atomic E-state index is 0.0193. The summed E-state index contributed by atoms with van der Waals surface area (Å²) in [7, 11) is 0. The first-order valence-electron chi connectivity index (χ1n) is 12.3. The van der Waals surface area contributed by atoms with E-state index < -0.39 is 0 Å². The van der Waals surface area contributed by atoms with Crippen molar-refractivity contribution in [3.63, 3.8) is 0 Å². The predicted molar refractivity (Wildman–Crippen MR) is 136 cm³/mol. The molecule has 4 aromatic rings. The van der Waals surface area contributed by atoms with Gasteiger partial charge in [0.1, 0.15) is 29.3 Å². The number of nitriles is 1. The molecule has 1 aromatic carbocycles. The third kappa shape index (κ3) is 4.10. The standard InChI is InChI=1S/C28H25N7O2/c29-11-8-23(37)35-17-28(9-10-28)16-21(35)27-33-24(25-26(30)32-13-14-34(25)27)19-6-4-18(5-7-19)22(36)15-20-3-1-2-12-31-20/h1-7,12-14,21H,8-10,15-17H2,(H2,30,32)/t21-/m0/s1. The van der Waals surface area contributed by atoms with Gasteiger partial charge in [-0.3, -0.25) is 19.0 Å². The van der Waals surface area contributed by atoms with Crippen molar-refractivity contribution in [3.8, 4) is 17.3 Å². The Hall–Kier alpha value is -4.58. The third-order valence-electron chi connectivity index (χ3n) is 7.47. The number of amides is 1. The lowest BCUT2D eigenvalue weighted by molar-refractivity contribution is -0.131. The fourth-order valence-corrected chi connectivity index (χ4v) is 5.36. The summed E-state index contributed by atoms with van der Waals surface area (Å²) >= 11 is 0. The van der Waals surface area contributed by atoms with Gasteiger partial charge in [0.25, 0.3) is 0 Å². The quantitative estimate of drug-likeness (QED) is 0.406. The van der Waals surface area contributed by atoms with Crippen LogP contribution < -0.4 is 5.73 Å². The minimum atomic E-state index is -0.245. The fourth-order valence-electron chi connectivity index (χ4n) is 5.36. The van der Waals surface area contributed by atoms with Gasteiger partial charge in [0.05, 0.1) is 18.5 Å². The molecule has 3 aromatic heterocycles. The molecule has 6 rings (SSSR count). The van der Waals surface area contributed by atoms with Crippen LogP contribution in [0.15, 0.2) is 61.1 Å². The van der Waals surface area contributed by atoms with Crippen LogP contribution in [0.1, 0.15) is 53.6 Å². The number of anilines is 1. The monoisotopic (exact) mass is 491 g/mol. The van der Waals surface area contributed by atoms with Crippen LogP contribution in [0.5, 0.6) is 0 Å². The van der Waals surface area contributed by atoms with E-state index in [0.717, 1.165) is 30.5 Å². The van der Waals surface area contributed by atoms with E-state index >= 15 is 0 Å². The van der Waals surface area contributed by atoms with Crippen molar-refractivity contribution in [2.45, 2.75) is 38.1 Å². The molecule has 1 aliphatic carbocycles. The molecule has 0 radical (unpaired) electrons. The number of pyridine rings is 1. The number of hydrogen-bond acceptors (Lipinski definition) is 7. The van der Waals surface area contributed by atoms with Crippen LogP contribution in [-0.4, -0.2) is 42.5 Å². The number of benzene rings is 1. The van der Waals surface area contributed by atoms with E-state index in [-0.39, 0.29) is 36.0 Å². The molecule has 0 unspecified atom stereocenters. The topological polar surface area (TPSA) is 130 Å². The average Bonchev–Trinajstić information content (AvgIpc) is 3.38. The summed E-state index contributed by atoms with van der Waals surface area (Å²) in [4.78, 5) is 41.0. The zero-order valence-corrected chi connectivity index (χ0v) is 20.2. The molecule has 1 spiro atoms. The van der Waals surface area contributed by atoms with Crippen LogP contribution in [0.2, 0.25) is 0 Å². The van der Waals surface area contributed by atoms with Crippen molar-refractivity contribution in [2.75, 3.05) is 12.3 Å². The van der Waals surface area contributed by atoms with Crippen LogP contribution in [0.4, 0.5) is 5.82 Å². The maximum atomic E-state index is 12.8. The molecule has 0 bridgehead atoms. The zero-order chi connectivity index (χ0) is 25.6. The van der Waals surface area contributed by atoms with Crippen molar-refractivity contribution in [1.82, 2.24) is 24.3 Å². The summed E-state index contributed by atoms with van der Waals surface area (Å²) in [6.45, 7) is 0.649. The van der Waals surface area contributed by atoms with E-state index in [0.29, 0.717) is 35.0 Å². The van der Waals surface area contributed by atoms with Gasteiger partial charge in [0.15, 0.2) is 5.78 Å². The zero-order valence-electron chi connectivity index (χ0n) is 20.2. The highest BCUT2D eigenvalue weighted by atomic mass is 16.2. The van der Waals surface area contributed by atoms with Gasteiger partial charge in [-0.15, -0.1) is 0 Å². The van der Waals surface area contributed by atoms with Gasteiger partial charge in [0.2, 0.25) is 5.91 Å². The highest BCUT2D eigenvalue weighted by Crippen LogP contribution is 2.58. The van der Waals surface area contributed by atoms with Crippen LogP contribution in [-0.2, 0) is 11.2 Å². The molecule has 1 amide bonds. The van der Waals surface area contributed by atoms with E-state index in [2.05, 4.69) is 9.97 Å². The maximum Gasteiger partial charge on any atom is 0.237 e. The number of nitrogen functional groups attached to an aromatic ring is 1. The van der Waals surface area contributed by atoms with Crippen LogP contribution in [0.3, 0.4) is 0 Å². The minimum Gasteiger partial charge on any atom is -0.382 e. The number of fused-ring (bicyclic) bond motifs is 1. The van der Waals surface area contributed by atoms with Crippen molar-refractivity contribution in [1.29, 1.82) is 5.26 Å². The highest BCUT2D eigenvalue weighted by Gasteiger charge is 2.54. The van der Waals surface area contributed by atoms with E-state index in [1.807, 2.05) is 51.9 Å². The lowest BCUT2D eigenvalue weighted by atomic mass is 10.0. The number of hydrogen-bond donors (Lipinski definition) is 1. The molecule has 1 saturated heterocycles. The second-order valence-electron chi connectivity index (χ2n) is 9.92. The van der Waals surface area contributed by atoms with Gasteiger partial charge < -0.3 is 10.6 Å². The Bertz CT molecular complexity index is 1550. The van der Waals surface area contributed by atoms with Crippen LogP contribution in [0, 0.1) is 16.7 Å². The van der Waals surface area contributed by atoms with Crippen molar-refractivity contribution in [3.05, 3.63) is 78.1 Å². The van der Waals surface area contributed by atoms with Gasteiger partial charge in [-0.25, -0.2) is 9.97 Å². The predicted octanol–water partition coefficient (Wildman–Crippen LogP) is 3.77. The molecular weight excluding hydrogens is 466 g/mol. The largest absolute Gasteiger partial charge is 0.382 e. The molecule has 184 valence electrons. The Morgan fingerprint density at radius 2 is 1.92 bits per heavy atom. The van der Waals surface area contributed by atoms with Gasteiger partial charge in [0, 0.05) is 42.0 Å². The maximum absolute atomic E-state index is 12.8. The van der Waals surface area contributed by atoms with Gasteiger partial charge in [-0.1, -0.05) is 30.3 Å². The number of ketones is 1. The van der Waals surface area contributed by atoms with E-state index in [4.69, 9.17) is 16.0 Å². The number of likely N-dealkylation sites (tertiary alicyclic amines) is 1. The number of imidazole rings is 1. The number of Topliss-reactive ketones (excluding diaryl/α,β-unsaturated/α-hetero) is 1. The first kappa shape index (κ1) is 22.9. The second kappa shape index (κ2) is 8.82. The van der Waals surface area contributed by atoms with Crippen LogP contribution in [0.25, 0.3) is 16.8 Å². The normalized spacial score (nSPS) is 17.7. The number of nitrogens with zero attached hydrogens (tertiary/aromatic N) is 6. The summed E-state index contributed by atoms with van der Waals surface area (Å²) in [6, 6.07) is 14.6. The van der Waals surface area contributed by atoms with E-state index in [1.54, 1.807) is 24.5 Å². The first-order valence-corrected chi connectivity index (χ1v) is 12.3. The lowest BCUT2D eigenvalue weighted by Crippen LogP contribution is -2.31. The average molecular weight is 492 g/mol. The Labute approximate surface area is 213 Å². The summed E-state index contributed by atoms with van der Waals surface area (Å²) in [5.74, 6) is 0.853. The van der Waals surface area contributed by atoms with E-state index in [9.17, 15) is 9.59 Å². The molecule has 9 heteroatoms. The van der Waals surface area contributed by atoms with Crippen molar-refractivity contribution in [2.24, 2.45) is 5.41 Å². The van der Waals surface area contributed by atoms with E-state index in [1.165, 1.54) is 0 Å². The second-order valence-corrected chi connectivity index (χ2v) is 9.92. The first-order chi connectivity index (χ1) is 18.0. The molecule has 2 fully saturated rings. The molecule has 2 aliphatic rings. The Morgan fingerprint density at radius 1 is 1.11 bits per heavy atom. The summed E-state index contributed by atoms with van der Waals surface area (Å²) < 4.78 is 1.91. The Balaban J connectivity index is 1.37. The molecule has 2 N–H and O–H groups in total. The van der Waals surface area contributed by atoms with Crippen molar-refractivity contribution < 1.29 is 9.59 Å². The number of aromatic nitrogens is 4. The van der Waals surface area contributed by atoms with Crippen LogP contribution >= 0.6 is 0 Å². The molecule has 4 heterocycles. The molecule has 1 saturated carbocycles. The summed E-state index contributed by atoms with van der Waals surface area (Å²) in [6.07, 6.45) is 8.15. The molecule has 9 nitrogen and oxygen atoms in total. The number of carbonyl (C=O) groups is 2. The summed E-state index contributed by atoms with van der Waals surface area (Å²) in [5.41, 5.74) is 9.86. The van der Waals surface area contributed by atoms with Gasteiger partial charge >= 0.3 is 0 Å². The summed E-state index contributed by atoms with van der Waals surface area (Å²) in [5, 5.41) is 9.13. The molecule has 37 heavy (non-hydrogen) atoms. The molecule has 1 aliphatic heterocycles. The Morgan fingerprint density at radius 3 is 2.62 bits per heavy atom. The Kier molecular flexibility index (Phi) is 5.45. The smallest absolute Gasteiger partial charge is 0.237 e. The van der Waals surface area contributed by atoms with Gasteiger partial charge in [-0.2, -0.15) is 5.26 Å². The number of nitrogens with two attached hydrogens (primary N) is 1.